The van der Waals surface area contributed by atoms with Gasteiger partial charge in [0.1, 0.15) is 10.7 Å². The fourth-order valence-corrected chi connectivity index (χ4v) is 6.02. The summed E-state index contributed by atoms with van der Waals surface area (Å²) < 4.78 is 52.9. The molecule has 1 spiro atoms. The zero-order valence-electron chi connectivity index (χ0n) is 15.7. The zero-order valence-corrected chi connectivity index (χ0v) is 16.5. The summed E-state index contributed by atoms with van der Waals surface area (Å²) in [6.07, 6.45) is 2.24. The number of ether oxygens (including phenoxy) is 2. The summed E-state index contributed by atoms with van der Waals surface area (Å²) in [7, 11) is -3.82. The molecule has 0 saturated carbocycles. The van der Waals surface area contributed by atoms with Crippen LogP contribution in [-0.2, 0) is 19.5 Å². The van der Waals surface area contributed by atoms with E-state index in [4.69, 9.17) is 9.47 Å². The molecule has 3 heterocycles. The third kappa shape index (κ3) is 3.78. The van der Waals surface area contributed by atoms with Crippen molar-refractivity contribution in [1.82, 2.24) is 9.21 Å². The molecule has 6 nitrogen and oxygen atoms in total. The van der Waals surface area contributed by atoms with Crippen LogP contribution in [-0.4, -0.2) is 75.3 Å². The van der Waals surface area contributed by atoms with E-state index in [-0.39, 0.29) is 10.5 Å². The van der Waals surface area contributed by atoms with Crippen molar-refractivity contribution in [2.45, 2.75) is 42.7 Å². The zero-order chi connectivity index (χ0) is 19.1. The number of piperidine rings is 1. The lowest BCUT2D eigenvalue weighted by atomic mass is 9.88. The van der Waals surface area contributed by atoms with Gasteiger partial charge in [0.25, 0.3) is 0 Å². The largest absolute Gasteiger partial charge is 0.379 e. The molecule has 1 atom stereocenters. The van der Waals surface area contributed by atoms with Crippen molar-refractivity contribution >= 4 is 10.0 Å². The van der Waals surface area contributed by atoms with Crippen molar-refractivity contribution in [3.63, 3.8) is 0 Å². The van der Waals surface area contributed by atoms with Gasteiger partial charge in [-0.05, 0) is 43.9 Å². The van der Waals surface area contributed by atoms with E-state index in [1.807, 2.05) is 0 Å². The average molecular weight is 399 g/mol. The Morgan fingerprint density at radius 2 is 1.85 bits per heavy atom. The van der Waals surface area contributed by atoms with Crippen LogP contribution < -0.4 is 0 Å². The molecular weight excluding hydrogens is 371 g/mol. The van der Waals surface area contributed by atoms with E-state index in [0.717, 1.165) is 38.3 Å². The minimum absolute atomic E-state index is 0.225. The van der Waals surface area contributed by atoms with Crippen molar-refractivity contribution in [2.75, 3.05) is 46.0 Å². The highest BCUT2D eigenvalue weighted by Crippen LogP contribution is 2.39. The highest BCUT2D eigenvalue weighted by molar-refractivity contribution is 7.89. The van der Waals surface area contributed by atoms with Gasteiger partial charge in [-0.2, -0.15) is 4.31 Å². The molecule has 0 aliphatic carbocycles. The van der Waals surface area contributed by atoms with Gasteiger partial charge in [0.15, 0.2) is 0 Å². The monoisotopic (exact) mass is 398 g/mol. The first-order valence-corrected chi connectivity index (χ1v) is 11.1. The van der Waals surface area contributed by atoms with E-state index in [1.165, 1.54) is 16.4 Å². The smallest absolute Gasteiger partial charge is 0.245 e. The number of aryl methyl sites for hydroxylation is 1. The Morgan fingerprint density at radius 3 is 2.56 bits per heavy atom. The van der Waals surface area contributed by atoms with Crippen LogP contribution in [0.25, 0.3) is 0 Å². The van der Waals surface area contributed by atoms with Gasteiger partial charge in [-0.1, -0.05) is 6.07 Å². The van der Waals surface area contributed by atoms with Crippen LogP contribution in [0.3, 0.4) is 0 Å². The molecule has 0 amide bonds. The molecule has 27 heavy (non-hydrogen) atoms. The molecule has 0 bridgehead atoms. The van der Waals surface area contributed by atoms with Crippen molar-refractivity contribution in [3.05, 3.63) is 29.6 Å². The lowest BCUT2D eigenvalue weighted by molar-refractivity contribution is -0.0328. The fourth-order valence-electron chi connectivity index (χ4n) is 4.43. The Labute approximate surface area is 160 Å². The van der Waals surface area contributed by atoms with Gasteiger partial charge in [-0.15, -0.1) is 0 Å². The number of hydrogen-bond donors (Lipinski definition) is 0. The summed E-state index contributed by atoms with van der Waals surface area (Å²) >= 11 is 0. The molecule has 150 valence electrons. The summed E-state index contributed by atoms with van der Waals surface area (Å²) in [5, 5.41) is 0. The Morgan fingerprint density at radius 1 is 1.15 bits per heavy atom. The van der Waals surface area contributed by atoms with Crippen LogP contribution in [0, 0.1) is 12.7 Å². The number of benzene rings is 1. The highest BCUT2D eigenvalue weighted by Gasteiger charge is 2.46. The van der Waals surface area contributed by atoms with Gasteiger partial charge < -0.3 is 9.47 Å². The van der Waals surface area contributed by atoms with Gasteiger partial charge in [0.2, 0.25) is 10.0 Å². The molecule has 8 heteroatoms. The fraction of sp³-hybridized carbons (Fsp3) is 0.684. The number of hydrogen-bond acceptors (Lipinski definition) is 5. The maximum atomic E-state index is 14.1. The molecule has 0 N–H and O–H groups in total. The maximum Gasteiger partial charge on any atom is 0.245 e. The molecular formula is C19H27FN2O4S. The Kier molecular flexibility index (Phi) is 5.28. The standard InChI is InChI=1S/C19H27FN2O4S/c1-15-2-3-17(20)18(12-15)27(23,24)22-6-4-19(5-7-22)13-16(14-26-19)21-8-10-25-11-9-21/h2-3,12,16H,4-11,13-14H2,1H3. The lowest BCUT2D eigenvalue weighted by Crippen LogP contribution is -2.48. The summed E-state index contributed by atoms with van der Waals surface area (Å²) in [6.45, 7) is 6.57. The number of rotatable bonds is 3. The molecule has 0 aromatic heterocycles. The summed E-state index contributed by atoms with van der Waals surface area (Å²) in [6, 6.07) is 4.60. The van der Waals surface area contributed by atoms with E-state index < -0.39 is 15.8 Å². The molecule has 3 aliphatic heterocycles. The Balaban J connectivity index is 1.42. The first-order chi connectivity index (χ1) is 12.9. The number of sulfonamides is 1. The third-order valence-electron chi connectivity index (χ3n) is 6.09. The Hall–Kier alpha value is -1.06. The summed E-state index contributed by atoms with van der Waals surface area (Å²) in [5.41, 5.74) is 0.482. The van der Waals surface area contributed by atoms with Gasteiger partial charge in [0, 0.05) is 32.2 Å². The van der Waals surface area contributed by atoms with Crippen LogP contribution in [0.2, 0.25) is 0 Å². The average Bonchev–Trinajstić information content (AvgIpc) is 3.08. The molecule has 4 rings (SSSR count). The van der Waals surface area contributed by atoms with E-state index in [9.17, 15) is 12.8 Å². The van der Waals surface area contributed by atoms with Crippen molar-refractivity contribution in [2.24, 2.45) is 0 Å². The molecule has 3 saturated heterocycles. The normalized spacial score (nSPS) is 27.3. The molecule has 1 aromatic rings. The van der Waals surface area contributed by atoms with Crippen molar-refractivity contribution in [1.29, 1.82) is 0 Å². The number of nitrogens with zero attached hydrogens (tertiary/aromatic N) is 2. The Bertz CT molecular complexity index is 787. The topological polar surface area (TPSA) is 59.1 Å². The van der Waals surface area contributed by atoms with Crippen LogP contribution >= 0.6 is 0 Å². The minimum atomic E-state index is -3.82. The van der Waals surface area contributed by atoms with Crippen molar-refractivity contribution < 1.29 is 22.3 Å². The SMILES string of the molecule is Cc1ccc(F)c(S(=O)(=O)N2CCC3(CC2)CC(N2CCOCC2)CO3)c1. The lowest BCUT2D eigenvalue weighted by Gasteiger charge is -2.38. The molecule has 0 radical (unpaired) electrons. The second-order valence-corrected chi connectivity index (χ2v) is 9.74. The van der Waals surface area contributed by atoms with E-state index in [2.05, 4.69) is 4.90 Å². The molecule has 1 aromatic carbocycles. The second kappa shape index (κ2) is 7.40. The quantitative estimate of drug-likeness (QED) is 0.777. The van der Waals surface area contributed by atoms with Gasteiger partial charge in [-0.25, -0.2) is 12.8 Å². The summed E-state index contributed by atoms with van der Waals surface area (Å²) in [5.74, 6) is -0.689. The van der Waals surface area contributed by atoms with Crippen LogP contribution in [0.15, 0.2) is 23.1 Å². The summed E-state index contributed by atoms with van der Waals surface area (Å²) in [4.78, 5) is 2.20. The number of halogens is 1. The van der Waals surface area contributed by atoms with Gasteiger partial charge in [0.05, 0.1) is 25.4 Å². The third-order valence-corrected chi connectivity index (χ3v) is 8.00. The van der Waals surface area contributed by atoms with Crippen LogP contribution in [0.4, 0.5) is 4.39 Å². The van der Waals surface area contributed by atoms with E-state index >= 15 is 0 Å². The molecule has 1 unspecified atom stereocenters. The van der Waals surface area contributed by atoms with E-state index in [1.54, 1.807) is 13.0 Å². The minimum Gasteiger partial charge on any atom is -0.379 e. The molecule has 3 aliphatic rings. The number of morpholine rings is 1. The maximum absolute atomic E-state index is 14.1. The predicted molar refractivity (Wildman–Crippen MR) is 98.6 cm³/mol. The van der Waals surface area contributed by atoms with Gasteiger partial charge in [-0.3, -0.25) is 4.90 Å². The van der Waals surface area contributed by atoms with Crippen LogP contribution in [0.1, 0.15) is 24.8 Å². The highest BCUT2D eigenvalue weighted by atomic mass is 32.2. The van der Waals surface area contributed by atoms with Gasteiger partial charge >= 0.3 is 0 Å². The molecule has 3 fully saturated rings. The first-order valence-electron chi connectivity index (χ1n) is 9.62. The van der Waals surface area contributed by atoms with Crippen molar-refractivity contribution in [3.8, 4) is 0 Å². The predicted octanol–water partition coefficient (Wildman–Crippen LogP) is 1.78. The van der Waals surface area contributed by atoms with Crippen LogP contribution in [0.5, 0.6) is 0 Å². The second-order valence-electron chi connectivity index (χ2n) is 7.84. The van der Waals surface area contributed by atoms with E-state index in [0.29, 0.717) is 38.6 Å². The first kappa shape index (κ1) is 19.3.